The molecule has 1 aromatic rings. The number of carbonyl (C=O) groups excluding carboxylic acids is 2. The number of sulfone groups is 1. The second kappa shape index (κ2) is 8.66. The van der Waals surface area contributed by atoms with Crippen LogP contribution < -0.4 is 5.32 Å². The predicted molar refractivity (Wildman–Crippen MR) is 99.4 cm³/mol. The van der Waals surface area contributed by atoms with E-state index < -0.39 is 21.9 Å². The minimum absolute atomic E-state index is 0.0826. The summed E-state index contributed by atoms with van der Waals surface area (Å²) in [5, 5.41) is 2.98. The van der Waals surface area contributed by atoms with Crippen molar-refractivity contribution in [3.05, 3.63) is 35.4 Å². The Hall–Kier alpha value is -1.89. The molecule has 7 heteroatoms. The summed E-state index contributed by atoms with van der Waals surface area (Å²) in [5.41, 5.74) is 0.883. The summed E-state index contributed by atoms with van der Waals surface area (Å²) in [5.74, 6) is -0.542. The van der Waals surface area contributed by atoms with E-state index in [4.69, 9.17) is 4.74 Å². The van der Waals surface area contributed by atoms with Gasteiger partial charge in [0.05, 0.1) is 11.3 Å². The fourth-order valence-corrected chi connectivity index (χ4v) is 3.95. The molecule has 1 aliphatic rings. The van der Waals surface area contributed by atoms with Gasteiger partial charge in [0.15, 0.2) is 15.9 Å². The Balaban J connectivity index is 1.90. The van der Waals surface area contributed by atoms with E-state index >= 15 is 0 Å². The van der Waals surface area contributed by atoms with E-state index in [0.29, 0.717) is 11.5 Å². The summed E-state index contributed by atoms with van der Waals surface area (Å²) in [6.07, 6.45) is 4.61. The highest BCUT2D eigenvalue weighted by molar-refractivity contribution is 7.89. The molecule has 0 bridgehead atoms. The smallest absolute Gasteiger partial charge is 0.338 e. The van der Waals surface area contributed by atoms with Gasteiger partial charge in [0, 0.05) is 12.3 Å². The fourth-order valence-electron chi connectivity index (χ4n) is 3.15. The van der Waals surface area contributed by atoms with E-state index in [-0.39, 0.29) is 23.3 Å². The van der Waals surface area contributed by atoms with Crippen LogP contribution in [0, 0.1) is 5.92 Å². The van der Waals surface area contributed by atoms with Gasteiger partial charge in [-0.3, -0.25) is 4.79 Å². The summed E-state index contributed by atoms with van der Waals surface area (Å²) < 4.78 is 27.8. The monoisotopic (exact) mass is 381 g/mol. The molecule has 2 rings (SSSR count). The molecule has 3 atom stereocenters. The topological polar surface area (TPSA) is 89.5 Å². The number of esters is 1. The lowest BCUT2D eigenvalue weighted by Crippen LogP contribution is -2.45. The molecule has 1 saturated carbocycles. The second-order valence-corrected chi connectivity index (χ2v) is 9.33. The van der Waals surface area contributed by atoms with Gasteiger partial charge in [0.25, 0.3) is 5.91 Å². The number of hydrogen-bond donors (Lipinski definition) is 1. The number of benzene rings is 1. The van der Waals surface area contributed by atoms with Crippen LogP contribution in [-0.4, -0.2) is 38.7 Å². The molecule has 0 aromatic heterocycles. The molecule has 26 heavy (non-hydrogen) atoms. The van der Waals surface area contributed by atoms with Gasteiger partial charge in [-0.1, -0.05) is 31.9 Å². The van der Waals surface area contributed by atoms with Gasteiger partial charge in [0.2, 0.25) is 0 Å². The average Bonchev–Trinajstić information content (AvgIpc) is 2.56. The third-order valence-electron chi connectivity index (χ3n) is 4.71. The summed E-state index contributed by atoms with van der Waals surface area (Å²) in [6, 6.07) is 6.30. The summed E-state index contributed by atoms with van der Waals surface area (Å²) in [4.78, 5) is 24.5. The highest BCUT2D eigenvalue weighted by atomic mass is 32.2. The van der Waals surface area contributed by atoms with Crippen LogP contribution in [0.25, 0.3) is 0 Å². The number of carbonyl (C=O) groups is 2. The van der Waals surface area contributed by atoms with Crippen LogP contribution in [-0.2, 0) is 25.1 Å². The van der Waals surface area contributed by atoms with Crippen LogP contribution >= 0.6 is 0 Å². The summed E-state index contributed by atoms with van der Waals surface area (Å²) in [7, 11) is -3.13. The Morgan fingerprint density at radius 1 is 1.19 bits per heavy atom. The summed E-state index contributed by atoms with van der Waals surface area (Å²) >= 11 is 0. The average molecular weight is 381 g/mol. The van der Waals surface area contributed by atoms with Crippen molar-refractivity contribution < 1.29 is 22.7 Å². The Bertz CT molecular complexity index is 742. The zero-order chi connectivity index (χ0) is 19.3. The lowest BCUT2D eigenvalue weighted by Gasteiger charge is -2.30. The molecule has 1 aliphatic carbocycles. The maximum atomic E-state index is 12.3. The molecule has 6 nitrogen and oxygen atoms in total. The molecular weight excluding hydrogens is 354 g/mol. The number of rotatable bonds is 6. The molecule has 0 spiro atoms. The molecule has 1 amide bonds. The Morgan fingerprint density at radius 3 is 2.38 bits per heavy atom. The lowest BCUT2D eigenvalue weighted by atomic mass is 9.86. The van der Waals surface area contributed by atoms with Crippen molar-refractivity contribution in [2.75, 3.05) is 6.26 Å². The minimum atomic E-state index is -3.13. The number of nitrogens with one attached hydrogen (secondary N) is 1. The first-order chi connectivity index (χ1) is 12.2. The Labute approximate surface area is 155 Å². The highest BCUT2D eigenvalue weighted by Gasteiger charge is 2.26. The Morgan fingerprint density at radius 2 is 1.81 bits per heavy atom. The van der Waals surface area contributed by atoms with E-state index in [2.05, 4.69) is 12.2 Å². The zero-order valence-electron chi connectivity index (χ0n) is 15.5. The molecule has 1 aromatic carbocycles. The maximum absolute atomic E-state index is 12.3. The van der Waals surface area contributed by atoms with Gasteiger partial charge in [-0.15, -0.1) is 0 Å². The molecule has 144 valence electrons. The highest BCUT2D eigenvalue weighted by Crippen LogP contribution is 2.23. The third kappa shape index (κ3) is 6.12. The molecule has 1 N–H and O–H groups in total. The first-order valence-corrected chi connectivity index (χ1v) is 11.0. The van der Waals surface area contributed by atoms with Crippen LogP contribution in [0.15, 0.2) is 24.3 Å². The minimum Gasteiger partial charge on any atom is -0.449 e. The zero-order valence-corrected chi connectivity index (χ0v) is 16.3. The second-order valence-electron chi connectivity index (χ2n) is 7.19. The first-order valence-electron chi connectivity index (χ1n) is 8.94. The molecule has 1 fully saturated rings. The van der Waals surface area contributed by atoms with Gasteiger partial charge < -0.3 is 10.1 Å². The van der Waals surface area contributed by atoms with Crippen LogP contribution in [0.1, 0.15) is 55.5 Å². The number of ether oxygens (including phenoxy) is 1. The third-order valence-corrected chi connectivity index (χ3v) is 5.57. The van der Waals surface area contributed by atoms with E-state index in [1.165, 1.54) is 18.6 Å². The molecule has 0 saturated heterocycles. The fraction of sp³-hybridized carbons (Fsp3) is 0.579. The normalized spacial score (nSPS) is 21.7. The predicted octanol–water partition coefficient (Wildman–Crippen LogP) is 2.47. The number of hydrogen-bond acceptors (Lipinski definition) is 5. The van der Waals surface area contributed by atoms with Crippen molar-refractivity contribution in [2.24, 2.45) is 5.92 Å². The molecule has 0 radical (unpaired) electrons. The molecule has 0 unspecified atom stereocenters. The largest absolute Gasteiger partial charge is 0.449 e. The molecular formula is C19H27NO5S. The van der Waals surface area contributed by atoms with Crippen molar-refractivity contribution in [2.45, 2.75) is 57.4 Å². The summed E-state index contributed by atoms with van der Waals surface area (Å²) in [6.45, 7) is 3.68. The molecule has 0 heterocycles. The SMILES string of the molecule is C[C@@H](OC(=O)c1ccc(CS(C)(=O)=O)cc1)C(=O)N[C@@H]1CCCC[C@@H]1C. The quantitative estimate of drug-likeness (QED) is 0.765. The number of amides is 1. The van der Waals surface area contributed by atoms with Gasteiger partial charge in [-0.25, -0.2) is 13.2 Å². The van der Waals surface area contributed by atoms with Crippen molar-refractivity contribution >= 4 is 21.7 Å². The van der Waals surface area contributed by atoms with E-state index in [1.807, 2.05) is 0 Å². The van der Waals surface area contributed by atoms with Crippen molar-refractivity contribution in [3.63, 3.8) is 0 Å². The molecule has 0 aliphatic heterocycles. The van der Waals surface area contributed by atoms with Crippen molar-refractivity contribution in [1.29, 1.82) is 0 Å². The first kappa shape index (κ1) is 20.4. The maximum Gasteiger partial charge on any atom is 0.338 e. The van der Waals surface area contributed by atoms with Gasteiger partial charge in [-0.2, -0.15) is 0 Å². The van der Waals surface area contributed by atoms with Crippen LogP contribution in [0.2, 0.25) is 0 Å². The van der Waals surface area contributed by atoms with E-state index in [1.54, 1.807) is 19.1 Å². The van der Waals surface area contributed by atoms with Crippen molar-refractivity contribution in [3.8, 4) is 0 Å². The standard InChI is InChI=1S/C19H27NO5S/c1-13-6-4-5-7-17(13)20-18(21)14(2)25-19(22)16-10-8-15(9-11-16)12-26(3,23)24/h8-11,13-14,17H,4-7,12H2,1-3H3,(H,20,21)/t13-,14+,17+/m0/s1. The lowest BCUT2D eigenvalue weighted by molar-refractivity contribution is -0.130. The van der Waals surface area contributed by atoms with Crippen molar-refractivity contribution in [1.82, 2.24) is 5.32 Å². The van der Waals surface area contributed by atoms with Gasteiger partial charge in [0.1, 0.15) is 0 Å². The van der Waals surface area contributed by atoms with E-state index in [9.17, 15) is 18.0 Å². The van der Waals surface area contributed by atoms with Gasteiger partial charge >= 0.3 is 5.97 Å². The Kier molecular flexibility index (Phi) is 6.81. The van der Waals surface area contributed by atoms with Crippen LogP contribution in [0.3, 0.4) is 0 Å². The van der Waals surface area contributed by atoms with Gasteiger partial charge in [-0.05, 0) is 43.4 Å². The van der Waals surface area contributed by atoms with E-state index in [0.717, 1.165) is 25.5 Å². The van der Waals surface area contributed by atoms with Crippen LogP contribution in [0.4, 0.5) is 0 Å². The van der Waals surface area contributed by atoms with Crippen LogP contribution in [0.5, 0.6) is 0 Å².